The van der Waals surface area contributed by atoms with Crippen LogP contribution in [-0.2, 0) is 14.8 Å². The second-order valence-corrected chi connectivity index (χ2v) is 8.73. The zero-order valence-electron chi connectivity index (χ0n) is 14.6. The van der Waals surface area contributed by atoms with Gasteiger partial charge >= 0.3 is 0 Å². The first-order chi connectivity index (χ1) is 11.8. The fraction of sp³-hybridized carbons (Fsp3) is 0.588. The molecule has 138 valence electrons. The van der Waals surface area contributed by atoms with Crippen LogP contribution in [0, 0.1) is 19.7 Å². The molecule has 25 heavy (non-hydrogen) atoms. The van der Waals surface area contributed by atoms with Gasteiger partial charge in [-0.05, 0) is 49.9 Å². The summed E-state index contributed by atoms with van der Waals surface area (Å²) in [7, 11) is -3.70. The fourth-order valence-electron chi connectivity index (χ4n) is 3.61. The number of amides is 1. The number of carbonyl (C=O) groups excluding carboxylic acids is 1. The molecule has 0 aromatic heterocycles. The van der Waals surface area contributed by atoms with Crippen molar-refractivity contribution in [3.63, 3.8) is 0 Å². The van der Waals surface area contributed by atoms with Crippen LogP contribution in [-0.4, -0.2) is 62.3 Å². The number of piperidine rings is 1. The Bertz CT molecular complexity index is 758. The molecular weight excluding hydrogens is 345 g/mol. The van der Waals surface area contributed by atoms with Gasteiger partial charge in [-0.1, -0.05) is 0 Å². The molecule has 2 saturated heterocycles. The zero-order valence-corrected chi connectivity index (χ0v) is 15.4. The standard InChI is InChI=1S/C17H24FN3O3S/c1-12-8-15(9-13(2)17(12)18)25(23,24)20-6-3-4-14(11-20)21-7-5-19-10-16(21)22/h8-9,14,19H,3-7,10-11H2,1-2H3. The number of rotatable bonds is 3. The first-order valence-corrected chi connectivity index (χ1v) is 10.0. The molecule has 0 bridgehead atoms. The van der Waals surface area contributed by atoms with Crippen LogP contribution in [0.15, 0.2) is 17.0 Å². The monoisotopic (exact) mass is 369 g/mol. The van der Waals surface area contributed by atoms with Gasteiger partial charge in [0.25, 0.3) is 0 Å². The summed E-state index contributed by atoms with van der Waals surface area (Å²) in [5, 5.41) is 3.03. The van der Waals surface area contributed by atoms with E-state index in [4.69, 9.17) is 0 Å². The maximum absolute atomic E-state index is 13.8. The topological polar surface area (TPSA) is 69.7 Å². The van der Waals surface area contributed by atoms with Crippen molar-refractivity contribution in [2.75, 3.05) is 32.7 Å². The molecule has 6 nitrogen and oxygen atoms in total. The van der Waals surface area contributed by atoms with Crippen molar-refractivity contribution in [1.29, 1.82) is 0 Å². The molecule has 3 rings (SSSR count). The first kappa shape index (κ1) is 18.3. The molecule has 1 amide bonds. The van der Waals surface area contributed by atoms with Crippen LogP contribution in [0.3, 0.4) is 0 Å². The first-order valence-electron chi connectivity index (χ1n) is 8.58. The van der Waals surface area contributed by atoms with E-state index in [1.807, 2.05) is 0 Å². The highest BCUT2D eigenvalue weighted by Gasteiger charge is 2.35. The summed E-state index contributed by atoms with van der Waals surface area (Å²) in [5.41, 5.74) is 0.647. The Morgan fingerprint density at radius 3 is 2.52 bits per heavy atom. The van der Waals surface area contributed by atoms with Gasteiger partial charge in [0, 0.05) is 32.2 Å². The van der Waals surface area contributed by atoms with Crippen LogP contribution in [0.1, 0.15) is 24.0 Å². The average Bonchev–Trinajstić information content (AvgIpc) is 2.59. The molecule has 2 aliphatic heterocycles. The lowest BCUT2D eigenvalue weighted by atomic mass is 10.1. The summed E-state index contributed by atoms with van der Waals surface area (Å²) in [6, 6.07) is 2.68. The largest absolute Gasteiger partial charge is 0.336 e. The van der Waals surface area contributed by atoms with Crippen molar-refractivity contribution in [2.24, 2.45) is 0 Å². The second kappa shape index (κ2) is 7.01. The third-order valence-corrected chi connectivity index (χ3v) is 6.82. The Hall–Kier alpha value is -1.51. The molecule has 1 unspecified atom stereocenters. The molecule has 1 N–H and O–H groups in total. The van der Waals surface area contributed by atoms with Gasteiger partial charge in [0.05, 0.1) is 11.4 Å². The summed E-state index contributed by atoms with van der Waals surface area (Å²) in [4.78, 5) is 14.0. The van der Waals surface area contributed by atoms with Gasteiger partial charge in [0.2, 0.25) is 15.9 Å². The van der Waals surface area contributed by atoms with Gasteiger partial charge < -0.3 is 10.2 Å². The number of nitrogens with zero attached hydrogens (tertiary/aromatic N) is 2. The van der Waals surface area contributed by atoms with Crippen LogP contribution < -0.4 is 5.32 Å². The van der Waals surface area contributed by atoms with E-state index in [-0.39, 0.29) is 22.7 Å². The van der Waals surface area contributed by atoms with Gasteiger partial charge in [-0.3, -0.25) is 4.79 Å². The maximum atomic E-state index is 13.8. The van der Waals surface area contributed by atoms with E-state index >= 15 is 0 Å². The number of benzene rings is 1. The number of hydrogen-bond donors (Lipinski definition) is 1. The van der Waals surface area contributed by atoms with Crippen molar-refractivity contribution in [3.8, 4) is 0 Å². The van der Waals surface area contributed by atoms with Crippen LogP contribution in [0.2, 0.25) is 0 Å². The third kappa shape index (κ3) is 3.56. The van der Waals surface area contributed by atoms with Crippen LogP contribution in [0.25, 0.3) is 0 Å². The Labute approximate surface area is 148 Å². The molecule has 0 saturated carbocycles. The molecule has 8 heteroatoms. The highest BCUT2D eigenvalue weighted by Crippen LogP contribution is 2.26. The summed E-state index contributed by atoms with van der Waals surface area (Å²) in [5.74, 6) is -0.356. The Kier molecular flexibility index (Phi) is 5.13. The molecular formula is C17H24FN3O3S. The Morgan fingerprint density at radius 1 is 1.20 bits per heavy atom. The normalized spacial score (nSPS) is 23.1. The van der Waals surface area contributed by atoms with Crippen molar-refractivity contribution in [3.05, 3.63) is 29.1 Å². The Morgan fingerprint density at radius 2 is 1.88 bits per heavy atom. The highest BCUT2D eigenvalue weighted by atomic mass is 32.2. The average molecular weight is 369 g/mol. The summed E-state index contributed by atoms with van der Waals surface area (Å²) in [6.07, 6.45) is 1.51. The number of sulfonamides is 1. The van der Waals surface area contributed by atoms with E-state index in [1.165, 1.54) is 16.4 Å². The lowest BCUT2D eigenvalue weighted by molar-refractivity contribution is -0.135. The molecule has 2 fully saturated rings. The molecule has 1 aromatic carbocycles. The molecule has 2 aliphatic rings. The van der Waals surface area contributed by atoms with E-state index in [0.717, 1.165) is 13.0 Å². The predicted octanol–water partition coefficient (Wildman–Crippen LogP) is 1.03. The summed E-state index contributed by atoms with van der Waals surface area (Å²) >= 11 is 0. The Balaban J connectivity index is 1.83. The number of nitrogens with one attached hydrogen (secondary N) is 1. The van der Waals surface area contributed by atoms with Crippen molar-refractivity contribution < 1.29 is 17.6 Å². The maximum Gasteiger partial charge on any atom is 0.243 e. The summed E-state index contributed by atoms with van der Waals surface area (Å²) < 4.78 is 41.3. The fourth-order valence-corrected chi connectivity index (χ4v) is 5.29. The number of halogens is 1. The smallest absolute Gasteiger partial charge is 0.243 e. The molecule has 2 heterocycles. The lowest BCUT2D eigenvalue weighted by Gasteiger charge is -2.40. The van der Waals surface area contributed by atoms with E-state index in [9.17, 15) is 17.6 Å². The molecule has 0 radical (unpaired) electrons. The van der Waals surface area contributed by atoms with E-state index < -0.39 is 10.0 Å². The predicted molar refractivity (Wildman–Crippen MR) is 92.2 cm³/mol. The number of carbonyl (C=O) groups is 1. The minimum absolute atomic E-state index is 0.0176. The second-order valence-electron chi connectivity index (χ2n) is 6.79. The van der Waals surface area contributed by atoms with Gasteiger partial charge in [-0.15, -0.1) is 0 Å². The minimum Gasteiger partial charge on any atom is -0.336 e. The lowest BCUT2D eigenvalue weighted by Crippen LogP contribution is -2.57. The van der Waals surface area contributed by atoms with E-state index in [1.54, 1.807) is 18.7 Å². The van der Waals surface area contributed by atoms with Crippen LogP contribution in [0.5, 0.6) is 0 Å². The number of piperazine rings is 1. The van der Waals surface area contributed by atoms with Crippen molar-refractivity contribution >= 4 is 15.9 Å². The van der Waals surface area contributed by atoms with Gasteiger partial charge in [-0.2, -0.15) is 4.31 Å². The van der Waals surface area contributed by atoms with Crippen molar-refractivity contribution in [1.82, 2.24) is 14.5 Å². The minimum atomic E-state index is -3.70. The van der Waals surface area contributed by atoms with Gasteiger partial charge in [0.1, 0.15) is 5.82 Å². The number of aryl methyl sites for hydroxylation is 2. The molecule has 1 atom stereocenters. The van der Waals surface area contributed by atoms with Gasteiger partial charge in [-0.25, -0.2) is 12.8 Å². The number of hydrogen-bond acceptors (Lipinski definition) is 4. The summed E-state index contributed by atoms with van der Waals surface area (Å²) in [6.45, 7) is 5.49. The SMILES string of the molecule is Cc1cc(S(=O)(=O)N2CCCC(N3CCNCC3=O)C2)cc(C)c1F. The van der Waals surface area contributed by atoms with E-state index in [2.05, 4.69) is 5.32 Å². The van der Waals surface area contributed by atoms with E-state index in [0.29, 0.717) is 43.7 Å². The van der Waals surface area contributed by atoms with Crippen LogP contribution in [0.4, 0.5) is 4.39 Å². The van der Waals surface area contributed by atoms with Gasteiger partial charge in [0.15, 0.2) is 0 Å². The molecule has 1 aromatic rings. The molecule has 0 aliphatic carbocycles. The molecule has 0 spiro atoms. The highest BCUT2D eigenvalue weighted by molar-refractivity contribution is 7.89. The quantitative estimate of drug-likeness (QED) is 0.864. The van der Waals surface area contributed by atoms with Crippen molar-refractivity contribution in [2.45, 2.75) is 37.6 Å². The van der Waals surface area contributed by atoms with Crippen LogP contribution >= 0.6 is 0 Å². The third-order valence-electron chi connectivity index (χ3n) is 4.97. The zero-order chi connectivity index (χ0) is 18.2.